The minimum absolute atomic E-state index is 0.0915. The number of imidazole rings is 1. The molecule has 158 valence electrons. The molecule has 11 heteroatoms. The molecule has 0 spiro atoms. The number of hydroxylamine groups is 3. The number of aromatic nitrogens is 2. The van der Waals surface area contributed by atoms with Gasteiger partial charge in [-0.15, -0.1) is 0 Å². The Morgan fingerprint density at radius 2 is 2.00 bits per heavy atom. The number of amides is 3. The van der Waals surface area contributed by atoms with Crippen molar-refractivity contribution in [3.63, 3.8) is 0 Å². The van der Waals surface area contributed by atoms with Crippen LogP contribution < -0.4 is 5.48 Å². The molecule has 0 saturated carbocycles. The minimum atomic E-state index is -1.17. The molecule has 0 aliphatic carbocycles. The second-order valence-electron chi connectivity index (χ2n) is 7.08. The van der Waals surface area contributed by atoms with E-state index in [0.717, 1.165) is 16.5 Å². The predicted octanol–water partition coefficient (Wildman–Crippen LogP) is 1.36. The summed E-state index contributed by atoms with van der Waals surface area (Å²) in [6.07, 6.45) is 2.38. The second-order valence-corrected chi connectivity index (χ2v) is 7.08. The molecule has 2 saturated heterocycles. The molecule has 30 heavy (non-hydrogen) atoms. The summed E-state index contributed by atoms with van der Waals surface area (Å²) in [5.41, 5.74) is 3.63. The molecule has 2 aliphatic heterocycles. The molecular formula is C19H21N5O6. The topological polar surface area (TPSA) is 126 Å². The quantitative estimate of drug-likeness (QED) is 0.654. The number of carbonyl (C=O) groups excluding carboxylic acids is 2. The summed E-state index contributed by atoms with van der Waals surface area (Å²) in [5.74, 6) is -0.440. The molecule has 0 unspecified atom stereocenters. The van der Waals surface area contributed by atoms with Crippen molar-refractivity contribution in [1.29, 1.82) is 0 Å². The Morgan fingerprint density at radius 3 is 2.73 bits per heavy atom. The average molecular weight is 415 g/mol. The SMILES string of the molecule is O=C(NOCc1cn(C(=O)O)cn1)[C@@H]1CC[C@@H]2CN1C(=O)N2OCc1ccccc1. The minimum Gasteiger partial charge on any atom is -0.464 e. The van der Waals surface area contributed by atoms with Gasteiger partial charge in [0.05, 0.1) is 11.7 Å². The summed E-state index contributed by atoms with van der Waals surface area (Å²) >= 11 is 0. The molecule has 2 fully saturated rings. The summed E-state index contributed by atoms with van der Waals surface area (Å²) < 4.78 is 0.884. The largest absolute Gasteiger partial charge is 0.464 e. The zero-order chi connectivity index (χ0) is 21.1. The van der Waals surface area contributed by atoms with Gasteiger partial charge in [-0.2, -0.15) is 5.06 Å². The van der Waals surface area contributed by atoms with Gasteiger partial charge in [-0.25, -0.2) is 24.6 Å². The van der Waals surface area contributed by atoms with E-state index in [-0.39, 0.29) is 25.3 Å². The summed E-state index contributed by atoms with van der Waals surface area (Å²) in [4.78, 5) is 52.3. The van der Waals surface area contributed by atoms with E-state index in [1.165, 1.54) is 16.2 Å². The van der Waals surface area contributed by atoms with E-state index in [0.29, 0.717) is 25.1 Å². The van der Waals surface area contributed by atoms with Crippen LogP contribution in [-0.4, -0.2) is 61.3 Å². The number of fused-ring (bicyclic) bond motifs is 2. The van der Waals surface area contributed by atoms with Crippen molar-refractivity contribution in [2.24, 2.45) is 0 Å². The van der Waals surface area contributed by atoms with E-state index in [1.54, 1.807) is 0 Å². The third-order valence-electron chi connectivity index (χ3n) is 5.09. The Morgan fingerprint density at radius 1 is 1.20 bits per heavy atom. The van der Waals surface area contributed by atoms with E-state index in [9.17, 15) is 14.4 Å². The monoisotopic (exact) mass is 415 g/mol. The van der Waals surface area contributed by atoms with Crippen molar-refractivity contribution in [2.75, 3.05) is 6.54 Å². The number of nitrogens with zero attached hydrogens (tertiary/aromatic N) is 4. The number of piperidine rings is 1. The first-order valence-electron chi connectivity index (χ1n) is 9.47. The van der Waals surface area contributed by atoms with Gasteiger partial charge in [0.2, 0.25) is 0 Å². The van der Waals surface area contributed by atoms with Crippen molar-refractivity contribution in [2.45, 2.75) is 38.1 Å². The van der Waals surface area contributed by atoms with Gasteiger partial charge in [0.15, 0.2) is 0 Å². The summed E-state index contributed by atoms with van der Waals surface area (Å²) in [6.45, 7) is 0.593. The molecule has 0 radical (unpaired) electrons. The van der Waals surface area contributed by atoms with E-state index in [4.69, 9.17) is 14.8 Å². The Bertz CT molecular complexity index is 933. The van der Waals surface area contributed by atoms with Gasteiger partial charge in [-0.05, 0) is 18.4 Å². The zero-order valence-corrected chi connectivity index (χ0v) is 16.0. The normalized spacial score (nSPS) is 20.5. The fraction of sp³-hybridized carbons (Fsp3) is 0.368. The molecule has 3 amide bonds. The number of carbonyl (C=O) groups is 3. The zero-order valence-electron chi connectivity index (χ0n) is 16.0. The van der Waals surface area contributed by atoms with Gasteiger partial charge in [-0.3, -0.25) is 14.5 Å². The Hall–Kier alpha value is -3.44. The van der Waals surface area contributed by atoms with Gasteiger partial charge in [-0.1, -0.05) is 30.3 Å². The number of hydrogen-bond acceptors (Lipinski definition) is 6. The molecule has 2 aromatic rings. The van der Waals surface area contributed by atoms with E-state index < -0.39 is 18.0 Å². The van der Waals surface area contributed by atoms with Crippen LogP contribution in [0, 0.1) is 0 Å². The lowest BCUT2D eigenvalue weighted by molar-refractivity contribution is -0.141. The maximum atomic E-state index is 12.7. The molecule has 3 heterocycles. The number of rotatable bonds is 7. The van der Waals surface area contributed by atoms with E-state index >= 15 is 0 Å². The fourth-order valence-electron chi connectivity index (χ4n) is 3.58. The first-order chi connectivity index (χ1) is 14.5. The second kappa shape index (κ2) is 8.51. The third kappa shape index (κ3) is 4.11. The molecule has 11 nitrogen and oxygen atoms in total. The van der Waals surface area contributed by atoms with Crippen LogP contribution in [0.5, 0.6) is 0 Å². The summed E-state index contributed by atoms with van der Waals surface area (Å²) in [6, 6.07) is 8.46. The summed E-state index contributed by atoms with van der Waals surface area (Å²) in [5, 5.41) is 10.2. The first kappa shape index (κ1) is 19.9. The predicted molar refractivity (Wildman–Crippen MR) is 101 cm³/mol. The number of urea groups is 1. The molecular weight excluding hydrogens is 394 g/mol. The molecule has 2 atom stereocenters. The lowest BCUT2D eigenvalue weighted by Crippen LogP contribution is -2.49. The first-order valence-corrected chi connectivity index (χ1v) is 9.47. The van der Waals surface area contributed by atoms with E-state index in [1.807, 2.05) is 30.3 Å². The van der Waals surface area contributed by atoms with Gasteiger partial charge in [0.1, 0.15) is 25.6 Å². The lowest BCUT2D eigenvalue weighted by atomic mass is 10.0. The van der Waals surface area contributed by atoms with Crippen LogP contribution in [0.15, 0.2) is 42.9 Å². The van der Waals surface area contributed by atoms with Crippen LogP contribution in [0.3, 0.4) is 0 Å². The number of hydrogen-bond donors (Lipinski definition) is 2. The van der Waals surface area contributed by atoms with Crippen molar-refractivity contribution < 1.29 is 29.2 Å². The number of carboxylic acid groups (broad SMARTS) is 1. The highest BCUT2D eigenvalue weighted by atomic mass is 16.7. The van der Waals surface area contributed by atoms with Gasteiger partial charge >= 0.3 is 12.1 Å². The molecule has 2 bridgehead atoms. The molecule has 4 rings (SSSR count). The molecule has 1 aromatic carbocycles. The van der Waals surface area contributed by atoms with Crippen LogP contribution in [0.4, 0.5) is 9.59 Å². The molecule has 1 aromatic heterocycles. The highest BCUT2D eigenvalue weighted by molar-refractivity contribution is 5.88. The average Bonchev–Trinajstić information content (AvgIpc) is 3.31. The Balaban J connectivity index is 1.28. The maximum Gasteiger partial charge on any atom is 0.416 e. The van der Waals surface area contributed by atoms with Gasteiger partial charge in [0.25, 0.3) is 5.91 Å². The van der Waals surface area contributed by atoms with Crippen molar-refractivity contribution in [3.8, 4) is 0 Å². The highest BCUT2D eigenvalue weighted by Crippen LogP contribution is 2.30. The van der Waals surface area contributed by atoms with Crippen LogP contribution >= 0.6 is 0 Å². The smallest absolute Gasteiger partial charge is 0.416 e. The Kier molecular flexibility index (Phi) is 5.63. The van der Waals surface area contributed by atoms with Crippen molar-refractivity contribution >= 4 is 18.0 Å². The van der Waals surface area contributed by atoms with E-state index in [2.05, 4.69) is 10.5 Å². The van der Waals surface area contributed by atoms with Crippen LogP contribution in [0.2, 0.25) is 0 Å². The summed E-state index contributed by atoms with van der Waals surface area (Å²) in [7, 11) is 0. The van der Waals surface area contributed by atoms with Crippen molar-refractivity contribution in [3.05, 3.63) is 54.1 Å². The Labute approximate surface area is 171 Å². The maximum absolute atomic E-state index is 12.7. The number of benzene rings is 1. The number of nitrogens with one attached hydrogen (secondary N) is 1. The lowest BCUT2D eigenvalue weighted by Gasteiger charge is -2.28. The van der Waals surface area contributed by atoms with Crippen LogP contribution in [0.1, 0.15) is 24.1 Å². The van der Waals surface area contributed by atoms with Crippen LogP contribution in [0.25, 0.3) is 0 Å². The third-order valence-corrected chi connectivity index (χ3v) is 5.09. The van der Waals surface area contributed by atoms with Gasteiger partial charge < -0.3 is 10.0 Å². The molecule has 2 N–H and O–H groups in total. The van der Waals surface area contributed by atoms with Crippen molar-refractivity contribution in [1.82, 2.24) is 25.0 Å². The van der Waals surface area contributed by atoms with Gasteiger partial charge in [0, 0.05) is 12.7 Å². The fourth-order valence-corrected chi connectivity index (χ4v) is 3.58. The highest BCUT2D eigenvalue weighted by Gasteiger charge is 2.48. The standard InChI is InChI=1S/C19H21N5O6/c25-17(21-29-11-14-8-22(12-20-14)19(27)28)16-7-6-15-9-23(16)18(26)24(15)30-10-13-4-2-1-3-5-13/h1-5,8,12,15-16H,6-7,9-11H2,(H,21,25)(H,27,28)/t15-,16+/m1/s1. The van der Waals surface area contributed by atoms with Crippen LogP contribution in [-0.2, 0) is 27.7 Å². The molecule has 2 aliphatic rings.